The summed E-state index contributed by atoms with van der Waals surface area (Å²) in [6, 6.07) is 0. The van der Waals surface area contributed by atoms with Crippen molar-refractivity contribution in [2.75, 3.05) is 52.1 Å². The molecule has 0 aromatic rings. The van der Waals surface area contributed by atoms with Crippen LogP contribution in [0.4, 0.5) is 0 Å². The lowest BCUT2D eigenvalue weighted by Crippen LogP contribution is -2.49. The van der Waals surface area contributed by atoms with Crippen LogP contribution in [0.3, 0.4) is 0 Å². The fourth-order valence-corrected chi connectivity index (χ4v) is 4.26. The van der Waals surface area contributed by atoms with Crippen LogP contribution in [0, 0.1) is 11.8 Å². The summed E-state index contributed by atoms with van der Waals surface area (Å²) in [5.41, 5.74) is 0. The van der Waals surface area contributed by atoms with Crippen molar-refractivity contribution in [1.82, 2.24) is 14.1 Å². The van der Waals surface area contributed by atoms with Gasteiger partial charge in [0.25, 0.3) is 0 Å². The minimum atomic E-state index is -3.11. The summed E-state index contributed by atoms with van der Waals surface area (Å²) in [4.78, 5) is 16.7. The highest BCUT2D eigenvalue weighted by Crippen LogP contribution is 2.22. The monoisotopic (exact) mass is 331 g/mol. The number of sulfonamides is 1. The standard InChI is InChI=1S/C15H29N3O3S/c1-13(2)11-16-6-8-17(9-7-16)15(19)10-14-4-5-18(12-14)22(3,20)21/h13-14H,4-12H2,1-3H3. The van der Waals surface area contributed by atoms with Crippen molar-refractivity contribution >= 4 is 15.9 Å². The fraction of sp³-hybridized carbons (Fsp3) is 0.933. The van der Waals surface area contributed by atoms with Gasteiger partial charge in [0.1, 0.15) is 0 Å². The number of amides is 1. The van der Waals surface area contributed by atoms with E-state index in [-0.39, 0.29) is 11.8 Å². The molecule has 128 valence electrons. The molecule has 2 aliphatic heterocycles. The summed E-state index contributed by atoms with van der Waals surface area (Å²) in [5, 5.41) is 0. The van der Waals surface area contributed by atoms with Crippen LogP contribution in [0.1, 0.15) is 26.7 Å². The molecule has 0 N–H and O–H groups in total. The Morgan fingerprint density at radius 3 is 2.27 bits per heavy atom. The van der Waals surface area contributed by atoms with E-state index in [4.69, 9.17) is 0 Å². The van der Waals surface area contributed by atoms with Gasteiger partial charge in [0.05, 0.1) is 6.26 Å². The molecule has 2 fully saturated rings. The summed E-state index contributed by atoms with van der Waals surface area (Å²) in [7, 11) is -3.11. The molecule has 0 spiro atoms. The molecule has 1 unspecified atom stereocenters. The molecule has 2 rings (SSSR count). The maximum Gasteiger partial charge on any atom is 0.222 e. The van der Waals surface area contributed by atoms with Crippen molar-refractivity contribution in [1.29, 1.82) is 0 Å². The van der Waals surface area contributed by atoms with Gasteiger partial charge in [-0.15, -0.1) is 0 Å². The van der Waals surface area contributed by atoms with Crippen LogP contribution < -0.4 is 0 Å². The molecule has 1 amide bonds. The Kier molecular flexibility index (Phi) is 5.85. The highest BCUT2D eigenvalue weighted by atomic mass is 32.2. The number of rotatable bonds is 5. The second-order valence-electron chi connectivity index (χ2n) is 7.06. The van der Waals surface area contributed by atoms with Crippen LogP contribution in [0.15, 0.2) is 0 Å². The minimum Gasteiger partial charge on any atom is -0.340 e. The Labute approximate surface area is 134 Å². The number of carbonyl (C=O) groups is 1. The lowest BCUT2D eigenvalue weighted by atomic mass is 10.0. The van der Waals surface area contributed by atoms with Gasteiger partial charge in [-0.2, -0.15) is 0 Å². The molecular formula is C15H29N3O3S. The Hall–Kier alpha value is -0.660. The molecule has 1 atom stereocenters. The van der Waals surface area contributed by atoms with E-state index in [0.29, 0.717) is 25.4 Å². The van der Waals surface area contributed by atoms with Crippen molar-refractivity contribution in [3.05, 3.63) is 0 Å². The second kappa shape index (κ2) is 7.27. The predicted octanol–water partition coefficient (Wildman–Crippen LogP) is 0.458. The van der Waals surface area contributed by atoms with E-state index in [1.54, 1.807) is 0 Å². The van der Waals surface area contributed by atoms with E-state index in [0.717, 1.165) is 39.1 Å². The normalized spacial score (nSPS) is 25.1. The zero-order valence-corrected chi connectivity index (χ0v) is 14.8. The largest absolute Gasteiger partial charge is 0.340 e. The summed E-state index contributed by atoms with van der Waals surface area (Å²) in [6.07, 6.45) is 2.52. The first-order valence-electron chi connectivity index (χ1n) is 8.21. The SMILES string of the molecule is CC(C)CN1CCN(C(=O)CC2CCN(S(C)(=O)=O)C2)CC1. The van der Waals surface area contributed by atoms with Crippen molar-refractivity contribution in [2.24, 2.45) is 11.8 Å². The van der Waals surface area contributed by atoms with E-state index in [1.165, 1.54) is 10.6 Å². The first kappa shape index (κ1) is 17.7. The second-order valence-corrected chi connectivity index (χ2v) is 9.04. The maximum atomic E-state index is 12.4. The van der Waals surface area contributed by atoms with E-state index in [2.05, 4.69) is 18.7 Å². The Balaban J connectivity index is 1.75. The maximum absolute atomic E-state index is 12.4. The Morgan fingerprint density at radius 1 is 1.14 bits per heavy atom. The van der Waals surface area contributed by atoms with Crippen molar-refractivity contribution < 1.29 is 13.2 Å². The van der Waals surface area contributed by atoms with E-state index in [1.807, 2.05) is 4.90 Å². The Bertz CT molecular complexity index is 484. The molecule has 7 heteroatoms. The molecule has 0 aromatic heterocycles. The third kappa shape index (κ3) is 4.93. The van der Waals surface area contributed by atoms with Gasteiger partial charge in [-0.25, -0.2) is 12.7 Å². The van der Waals surface area contributed by atoms with Crippen LogP contribution in [-0.2, 0) is 14.8 Å². The van der Waals surface area contributed by atoms with Crippen LogP contribution >= 0.6 is 0 Å². The third-order valence-corrected chi connectivity index (χ3v) is 5.80. The topological polar surface area (TPSA) is 60.9 Å². The highest BCUT2D eigenvalue weighted by Gasteiger charge is 2.31. The van der Waals surface area contributed by atoms with Crippen molar-refractivity contribution in [3.8, 4) is 0 Å². The van der Waals surface area contributed by atoms with Gasteiger partial charge < -0.3 is 4.90 Å². The molecule has 0 aliphatic carbocycles. The quantitative estimate of drug-likeness (QED) is 0.734. The zero-order valence-electron chi connectivity index (χ0n) is 14.0. The van der Waals surface area contributed by atoms with Gasteiger partial charge >= 0.3 is 0 Å². The average molecular weight is 331 g/mol. The van der Waals surface area contributed by atoms with Gasteiger partial charge in [0, 0.05) is 52.2 Å². The molecule has 0 aromatic carbocycles. The molecule has 0 radical (unpaired) electrons. The van der Waals surface area contributed by atoms with E-state index >= 15 is 0 Å². The van der Waals surface area contributed by atoms with Gasteiger partial charge in [-0.05, 0) is 18.3 Å². The fourth-order valence-electron chi connectivity index (χ4n) is 3.34. The first-order valence-corrected chi connectivity index (χ1v) is 10.1. The summed E-state index contributed by atoms with van der Waals surface area (Å²) in [6.45, 7) is 10.1. The molecule has 2 heterocycles. The molecule has 6 nitrogen and oxygen atoms in total. The van der Waals surface area contributed by atoms with Gasteiger partial charge in [-0.1, -0.05) is 13.8 Å². The summed E-state index contributed by atoms with van der Waals surface area (Å²) < 4.78 is 24.5. The average Bonchev–Trinajstić information content (AvgIpc) is 2.87. The van der Waals surface area contributed by atoms with Crippen molar-refractivity contribution in [3.63, 3.8) is 0 Å². The third-order valence-electron chi connectivity index (χ3n) is 4.53. The molecule has 2 aliphatic rings. The van der Waals surface area contributed by atoms with Crippen LogP contribution in [0.25, 0.3) is 0 Å². The number of carbonyl (C=O) groups excluding carboxylic acids is 1. The number of hydrogen-bond donors (Lipinski definition) is 0. The minimum absolute atomic E-state index is 0.177. The molecule has 0 saturated carbocycles. The summed E-state index contributed by atoms with van der Waals surface area (Å²) >= 11 is 0. The van der Waals surface area contributed by atoms with Crippen LogP contribution in [-0.4, -0.2) is 80.5 Å². The number of nitrogens with zero attached hydrogens (tertiary/aromatic N) is 3. The lowest BCUT2D eigenvalue weighted by molar-refractivity contribution is -0.133. The zero-order chi connectivity index (χ0) is 16.3. The molecule has 22 heavy (non-hydrogen) atoms. The van der Waals surface area contributed by atoms with Gasteiger partial charge in [0.2, 0.25) is 15.9 Å². The van der Waals surface area contributed by atoms with Crippen molar-refractivity contribution in [2.45, 2.75) is 26.7 Å². The van der Waals surface area contributed by atoms with E-state index in [9.17, 15) is 13.2 Å². The molecule has 0 bridgehead atoms. The first-order chi connectivity index (χ1) is 10.3. The Morgan fingerprint density at radius 2 is 1.77 bits per heavy atom. The lowest BCUT2D eigenvalue weighted by Gasteiger charge is -2.36. The number of piperazine rings is 1. The predicted molar refractivity (Wildman–Crippen MR) is 87.0 cm³/mol. The highest BCUT2D eigenvalue weighted by molar-refractivity contribution is 7.88. The van der Waals surface area contributed by atoms with Gasteiger partial charge in [-0.3, -0.25) is 9.69 Å². The van der Waals surface area contributed by atoms with Gasteiger partial charge in [0.15, 0.2) is 0 Å². The summed E-state index contributed by atoms with van der Waals surface area (Å²) in [5.74, 6) is 1.02. The smallest absolute Gasteiger partial charge is 0.222 e. The van der Waals surface area contributed by atoms with E-state index < -0.39 is 10.0 Å². The molecular weight excluding hydrogens is 302 g/mol. The van der Waals surface area contributed by atoms with Crippen LogP contribution in [0.2, 0.25) is 0 Å². The molecule has 2 saturated heterocycles. The number of hydrogen-bond acceptors (Lipinski definition) is 4. The van der Waals surface area contributed by atoms with Crippen LogP contribution in [0.5, 0.6) is 0 Å².